The van der Waals surface area contributed by atoms with Gasteiger partial charge in [-0.05, 0) is 16.7 Å². The van der Waals surface area contributed by atoms with E-state index in [-0.39, 0.29) is 5.41 Å². The van der Waals surface area contributed by atoms with Gasteiger partial charge in [0.25, 0.3) is 0 Å². The number of quaternary nitrogens is 1. The molecule has 0 aliphatic carbocycles. The summed E-state index contributed by atoms with van der Waals surface area (Å²) in [6.45, 7) is 5.91. The lowest BCUT2D eigenvalue weighted by Gasteiger charge is -2.60. The maximum Gasteiger partial charge on any atom is 0.414 e. The third kappa shape index (κ3) is 5.80. The Morgan fingerprint density at radius 1 is 0.737 bits per heavy atom. The van der Waals surface area contributed by atoms with Gasteiger partial charge in [-0.1, -0.05) is 91.0 Å². The summed E-state index contributed by atoms with van der Waals surface area (Å²) in [7, 11) is 0. The Morgan fingerprint density at radius 3 is 1.58 bits per heavy atom. The molecule has 3 N–H and O–H groups in total. The van der Waals surface area contributed by atoms with Gasteiger partial charge in [-0.3, -0.25) is 0 Å². The molecule has 0 aromatic heterocycles. The van der Waals surface area contributed by atoms with Crippen molar-refractivity contribution in [1.29, 1.82) is 0 Å². The molecule has 3 aliphatic rings. The quantitative estimate of drug-likeness (QED) is 0.233. The third-order valence-corrected chi connectivity index (χ3v) is 8.35. The summed E-state index contributed by atoms with van der Waals surface area (Å²) in [4.78, 5) is 18.2. The molecule has 200 valence electrons. The van der Waals surface area contributed by atoms with Crippen LogP contribution in [0.1, 0.15) is 36.0 Å². The average Bonchev–Trinajstić information content (AvgIpc) is 2.97. The van der Waals surface area contributed by atoms with Gasteiger partial charge >= 0.3 is 11.9 Å². The molecule has 3 aliphatic heterocycles. The Kier molecular flexibility index (Phi) is 8.62. The Balaban J connectivity index is 0.000000505. The number of fused-ring (bicyclic) bond motifs is 3. The van der Waals surface area contributed by atoms with Crippen LogP contribution in [0.2, 0.25) is 0 Å². The first kappa shape index (κ1) is 27.5. The van der Waals surface area contributed by atoms with E-state index in [4.69, 9.17) is 24.5 Å². The van der Waals surface area contributed by atoms with Crippen molar-refractivity contribution in [3.63, 3.8) is 0 Å². The first-order valence-corrected chi connectivity index (χ1v) is 13.1. The predicted molar refractivity (Wildman–Crippen MR) is 143 cm³/mol. The van der Waals surface area contributed by atoms with E-state index < -0.39 is 17.5 Å². The van der Waals surface area contributed by atoms with Gasteiger partial charge in [-0.15, -0.1) is 0 Å². The molecule has 3 aromatic rings. The number of nitrogens with zero attached hydrogens (tertiary/aromatic N) is 1. The van der Waals surface area contributed by atoms with E-state index in [9.17, 15) is 5.11 Å². The first-order chi connectivity index (χ1) is 18.3. The zero-order chi connectivity index (χ0) is 27.1. The van der Waals surface area contributed by atoms with E-state index in [1.165, 1.54) is 5.56 Å². The third-order valence-electron chi connectivity index (χ3n) is 8.35. The van der Waals surface area contributed by atoms with Crippen LogP contribution in [0.25, 0.3) is 0 Å². The van der Waals surface area contributed by atoms with Crippen molar-refractivity contribution < 1.29 is 34.1 Å². The molecule has 3 saturated heterocycles. The number of piperidine rings is 3. The molecular formula is C31H36NO6+. The Morgan fingerprint density at radius 2 is 1.16 bits per heavy atom. The first-order valence-electron chi connectivity index (χ1n) is 13.1. The highest BCUT2D eigenvalue weighted by Crippen LogP contribution is 2.57. The number of carbonyl (C=O) groups is 2. The summed E-state index contributed by atoms with van der Waals surface area (Å²) >= 11 is 0. The second-order valence-corrected chi connectivity index (χ2v) is 10.4. The second kappa shape index (κ2) is 11.9. The lowest BCUT2D eigenvalue weighted by atomic mass is 9.56. The molecule has 0 radical (unpaired) electrons. The van der Waals surface area contributed by atoms with Gasteiger partial charge in [-0.25, -0.2) is 9.59 Å². The maximum atomic E-state index is 12.4. The van der Waals surface area contributed by atoms with E-state index in [1.807, 2.05) is 18.2 Å². The fourth-order valence-corrected chi connectivity index (χ4v) is 6.10. The highest BCUT2D eigenvalue weighted by molar-refractivity contribution is 6.27. The minimum atomic E-state index is -1.82. The Hall–Kier alpha value is -3.52. The molecule has 3 fully saturated rings. The lowest BCUT2D eigenvalue weighted by Crippen LogP contribution is -2.67. The molecule has 3 heterocycles. The van der Waals surface area contributed by atoms with Crippen LogP contribution in [-0.2, 0) is 26.5 Å². The van der Waals surface area contributed by atoms with Crippen molar-refractivity contribution in [2.75, 3.05) is 32.8 Å². The summed E-state index contributed by atoms with van der Waals surface area (Å²) in [5, 5.41) is 27.2. The van der Waals surface area contributed by atoms with Gasteiger partial charge in [0.15, 0.2) is 0 Å². The Bertz CT molecular complexity index is 1120. The molecule has 0 atom stereocenters. The van der Waals surface area contributed by atoms with Crippen LogP contribution in [0.4, 0.5) is 0 Å². The van der Waals surface area contributed by atoms with Gasteiger partial charge < -0.3 is 24.5 Å². The topological polar surface area (TPSA) is 104 Å². The predicted octanol–water partition coefficient (Wildman–Crippen LogP) is 4.30. The normalized spacial score (nSPS) is 22.2. The number of hydrogen-bond acceptors (Lipinski definition) is 4. The standard InChI is InChI=1S/C29H34NO2.C2H2O4/c31-29(26-12-6-2-7-13-26,27-14-8-3-9-15-27)28-16-19-30(20-17-28,21-18-28)22-23-32-24-25-10-4-1-5-11-25;3-1(4)2(5)6/h1-15,31H,16-24H2;(H,3,4)(H,5,6)/q+1;. The van der Waals surface area contributed by atoms with Gasteiger partial charge in [0.2, 0.25) is 0 Å². The van der Waals surface area contributed by atoms with Crippen molar-refractivity contribution in [1.82, 2.24) is 0 Å². The lowest BCUT2D eigenvalue weighted by molar-refractivity contribution is -0.946. The molecule has 2 bridgehead atoms. The average molecular weight is 519 g/mol. The second-order valence-electron chi connectivity index (χ2n) is 10.4. The molecule has 0 spiro atoms. The largest absolute Gasteiger partial charge is 0.473 e. The number of carboxylic acids is 2. The summed E-state index contributed by atoms with van der Waals surface area (Å²) in [6, 6.07) is 31.1. The molecule has 7 heteroatoms. The van der Waals surface area contributed by atoms with Gasteiger partial charge in [0.1, 0.15) is 12.1 Å². The van der Waals surface area contributed by atoms with Crippen LogP contribution in [0.15, 0.2) is 91.0 Å². The van der Waals surface area contributed by atoms with E-state index in [0.29, 0.717) is 6.61 Å². The highest BCUT2D eigenvalue weighted by atomic mass is 16.5. The SMILES string of the molecule is O=C(O)C(=O)O.OC(c1ccccc1)(c1ccccc1)C12CC[N+](CCOCc3ccccc3)(CC1)CC2. The highest BCUT2D eigenvalue weighted by Gasteiger charge is 2.60. The summed E-state index contributed by atoms with van der Waals surface area (Å²) < 4.78 is 7.17. The number of carboxylic acid groups (broad SMARTS) is 2. The zero-order valence-electron chi connectivity index (χ0n) is 21.5. The van der Waals surface area contributed by atoms with E-state index in [1.54, 1.807) is 0 Å². The molecule has 0 unspecified atom stereocenters. The van der Waals surface area contributed by atoms with Crippen LogP contribution in [0, 0.1) is 5.41 Å². The molecular weight excluding hydrogens is 482 g/mol. The number of rotatable bonds is 8. The minimum absolute atomic E-state index is 0.111. The van der Waals surface area contributed by atoms with Crippen molar-refractivity contribution in [2.24, 2.45) is 5.41 Å². The Labute approximate surface area is 223 Å². The molecule has 38 heavy (non-hydrogen) atoms. The zero-order valence-corrected chi connectivity index (χ0v) is 21.5. The molecule has 0 amide bonds. The fraction of sp³-hybridized carbons (Fsp3) is 0.355. The number of benzene rings is 3. The summed E-state index contributed by atoms with van der Waals surface area (Å²) in [5.74, 6) is -3.65. The van der Waals surface area contributed by atoms with Crippen molar-refractivity contribution in [3.8, 4) is 0 Å². The molecule has 7 nitrogen and oxygen atoms in total. The van der Waals surface area contributed by atoms with Crippen LogP contribution in [-0.4, -0.2) is 64.5 Å². The van der Waals surface area contributed by atoms with Crippen LogP contribution in [0.3, 0.4) is 0 Å². The van der Waals surface area contributed by atoms with Crippen LogP contribution < -0.4 is 0 Å². The van der Waals surface area contributed by atoms with Crippen molar-refractivity contribution in [2.45, 2.75) is 31.5 Å². The van der Waals surface area contributed by atoms with E-state index >= 15 is 0 Å². The van der Waals surface area contributed by atoms with Crippen LogP contribution in [0.5, 0.6) is 0 Å². The molecule has 0 saturated carbocycles. The fourth-order valence-electron chi connectivity index (χ4n) is 6.10. The summed E-state index contributed by atoms with van der Waals surface area (Å²) in [5.41, 5.74) is 2.23. The summed E-state index contributed by atoms with van der Waals surface area (Å²) in [6.07, 6.45) is 3.14. The van der Waals surface area contributed by atoms with E-state index in [2.05, 4.69) is 72.8 Å². The van der Waals surface area contributed by atoms with Gasteiger partial charge in [0.05, 0.1) is 32.8 Å². The molecule has 3 aromatic carbocycles. The maximum absolute atomic E-state index is 12.4. The van der Waals surface area contributed by atoms with Gasteiger partial charge in [-0.2, -0.15) is 0 Å². The number of aliphatic carboxylic acids is 2. The van der Waals surface area contributed by atoms with Crippen molar-refractivity contribution >= 4 is 11.9 Å². The van der Waals surface area contributed by atoms with Crippen molar-refractivity contribution in [3.05, 3.63) is 108 Å². The van der Waals surface area contributed by atoms with Gasteiger partial charge in [0, 0.05) is 24.7 Å². The number of aliphatic hydroxyl groups is 1. The number of hydrogen-bond donors (Lipinski definition) is 3. The van der Waals surface area contributed by atoms with E-state index in [0.717, 1.165) is 67.7 Å². The molecule has 6 rings (SSSR count). The minimum Gasteiger partial charge on any atom is -0.473 e. The van der Waals surface area contributed by atoms with Crippen LogP contribution >= 0.6 is 0 Å². The monoisotopic (exact) mass is 518 g/mol. The smallest absolute Gasteiger partial charge is 0.414 e. The number of ether oxygens (including phenoxy) is 1.